The molecule has 0 saturated carbocycles. The molecule has 0 spiro atoms. The number of nitrogens with zero attached hydrogens (tertiary/aromatic N) is 1. The zero-order valence-electron chi connectivity index (χ0n) is 8.21. The van der Waals surface area contributed by atoms with Crippen LogP contribution in [0.5, 0.6) is 5.88 Å². The Morgan fingerprint density at radius 3 is 2.50 bits per heavy atom. The van der Waals surface area contributed by atoms with E-state index in [0.29, 0.717) is 5.92 Å². The summed E-state index contributed by atoms with van der Waals surface area (Å²) >= 11 is 0. The van der Waals surface area contributed by atoms with Gasteiger partial charge in [-0.1, -0.05) is 19.9 Å². The molecule has 14 heavy (non-hydrogen) atoms. The summed E-state index contributed by atoms with van der Waals surface area (Å²) in [5.41, 5.74) is 1.06. The Kier molecular flexibility index (Phi) is 3.80. The molecule has 1 aromatic heterocycles. The van der Waals surface area contributed by atoms with E-state index in [9.17, 15) is 8.78 Å². The molecule has 1 aromatic rings. The van der Waals surface area contributed by atoms with Crippen LogP contribution in [-0.2, 0) is 0 Å². The van der Waals surface area contributed by atoms with Gasteiger partial charge in [-0.05, 0) is 11.5 Å². The van der Waals surface area contributed by atoms with Gasteiger partial charge in [0.1, 0.15) is 0 Å². The van der Waals surface area contributed by atoms with Crippen LogP contribution in [0, 0.1) is 0 Å². The van der Waals surface area contributed by atoms with Gasteiger partial charge in [0.05, 0.1) is 0 Å². The van der Waals surface area contributed by atoms with E-state index < -0.39 is 13.0 Å². The van der Waals surface area contributed by atoms with Crippen LogP contribution in [0.15, 0.2) is 18.3 Å². The molecule has 0 atom stereocenters. The molecule has 0 bridgehead atoms. The molecule has 0 aromatic carbocycles. The quantitative estimate of drug-likeness (QED) is 0.747. The number of hydrogen-bond donors (Lipinski definition) is 0. The minimum atomic E-state index is -2.46. The Bertz CT molecular complexity index is 272. The maximum atomic E-state index is 11.8. The number of ether oxygens (including phenoxy) is 1. The van der Waals surface area contributed by atoms with Gasteiger partial charge in [0.15, 0.2) is 6.61 Å². The van der Waals surface area contributed by atoms with Crippen molar-refractivity contribution in [1.29, 1.82) is 0 Å². The summed E-state index contributed by atoms with van der Waals surface area (Å²) < 4.78 is 28.3. The molecule has 0 saturated heterocycles. The maximum absolute atomic E-state index is 11.8. The largest absolute Gasteiger partial charge is 0.472 e. The molecule has 0 aliphatic heterocycles. The monoisotopic (exact) mass is 201 g/mol. The smallest absolute Gasteiger partial charge is 0.272 e. The highest BCUT2D eigenvalue weighted by atomic mass is 19.3. The molecule has 4 heteroatoms. The highest BCUT2D eigenvalue weighted by molar-refractivity contribution is 5.20. The van der Waals surface area contributed by atoms with Gasteiger partial charge < -0.3 is 4.74 Å². The maximum Gasteiger partial charge on any atom is 0.272 e. The predicted octanol–water partition coefficient (Wildman–Crippen LogP) is 2.85. The zero-order valence-corrected chi connectivity index (χ0v) is 8.21. The van der Waals surface area contributed by atoms with Gasteiger partial charge in [-0.25, -0.2) is 13.8 Å². The molecule has 0 N–H and O–H groups in total. The van der Waals surface area contributed by atoms with E-state index in [1.165, 1.54) is 0 Å². The summed E-state index contributed by atoms with van der Waals surface area (Å²) in [6.07, 6.45) is -0.813. The summed E-state index contributed by atoms with van der Waals surface area (Å²) in [4.78, 5) is 3.92. The highest BCUT2D eigenvalue weighted by Crippen LogP contribution is 2.15. The Balaban J connectivity index is 2.55. The van der Waals surface area contributed by atoms with Crippen molar-refractivity contribution in [2.24, 2.45) is 0 Å². The predicted molar refractivity (Wildman–Crippen MR) is 49.8 cm³/mol. The lowest BCUT2D eigenvalue weighted by Crippen LogP contribution is -2.07. The molecule has 0 unspecified atom stereocenters. The van der Waals surface area contributed by atoms with Crippen molar-refractivity contribution in [3.63, 3.8) is 0 Å². The van der Waals surface area contributed by atoms with Crippen molar-refractivity contribution >= 4 is 0 Å². The Morgan fingerprint density at radius 1 is 1.36 bits per heavy atom. The third kappa shape index (κ3) is 3.28. The summed E-state index contributed by atoms with van der Waals surface area (Å²) in [6.45, 7) is 3.47. The van der Waals surface area contributed by atoms with E-state index in [-0.39, 0.29) is 5.88 Å². The van der Waals surface area contributed by atoms with Crippen LogP contribution < -0.4 is 4.74 Å². The van der Waals surface area contributed by atoms with Crippen molar-refractivity contribution in [2.45, 2.75) is 26.2 Å². The van der Waals surface area contributed by atoms with Gasteiger partial charge in [0.2, 0.25) is 5.88 Å². The summed E-state index contributed by atoms with van der Waals surface area (Å²) in [5.74, 6) is 0.626. The average Bonchev–Trinajstić information content (AvgIpc) is 2.15. The SMILES string of the molecule is CC(C)c1ccc(OCC(F)F)nc1. The van der Waals surface area contributed by atoms with Gasteiger partial charge in [-0.2, -0.15) is 0 Å². The molecule has 2 nitrogen and oxygen atoms in total. The molecule has 1 heterocycles. The first-order valence-corrected chi connectivity index (χ1v) is 4.46. The van der Waals surface area contributed by atoms with Gasteiger partial charge in [0.25, 0.3) is 6.43 Å². The first kappa shape index (κ1) is 10.9. The molecule has 1 rings (SSSR count). The second-order valence-electron chi connectivity index (χ2n) is 3.29. The van der Waals surface area contributed by atoms with Crippen LogP contribution in [0.2, 0.25) is 0 Å². The van der Waals surface area contributed by atoms with E-state index in [4.69, 9.17) is 4.74 Å². The molecule has 0 aliphatic carbocycles. The number of aromatic nitrogens is 1. The van der Waals surface area contributed by atoms with Gasteiger partial charge in [0, 0.05) is 12.3 Å². The number of hydrogen-bond acceptors (Lipinski definition) is 2. The van der Waals surface area contributed by atoms with E-state index in [0.717, 1.165) is 5.56 Å². The van der Waals surface area contributed by atoms with Crippen LogP contribution >= 0.6 is 0 Å². The number of alkyl halides is 2. The first-order chi connectivity index (χ1) is 6.59. The molecule has 78 valence electrons. The lowest BCUT2D eigenvalue weighted by atomic mass is 10.1. The first-order valence-electron chi connectivity index (χ1n) is 4.46. The molecule has 0 radical (unpaired) electrons. The molecule has 0 amide bonds. The van der Waals surface area contributed by atoms with Gasteiger partial charge in [-0.15, -0.1) is 0 Å². The number of pyridine rings is 1. The summed E-state index contributed by atoms with van der Waals surface area (Å²) in [7, 11) is 0. The average molecular weight is 201 g/mol. The Morgan fingerprint density at radius 2 is 2.07 bits per heavy atom. The second kappa shape index (κ2) is 4.88. The fourth-order valence-corrected chi connectivity index (χ4v) is 0.967. The zero-order chi connectivity index (χ0) is 10.6. The standard InChI is InChI=1S/C10H13F2NO/c1-7(2)8-3-4-10(13-5-8)14-6-9(11)12/h3-5,7,9H,6H2,1-2H3. The third-order valence-corrected chi connectivity index (χ3v) is 1.78. The molecule has 0 fully saturated rings. The van der Waals surface area contributed by atoms with E-state index in [1.807, 2.05) is 19.9 Å². The minimum Gasteiger partial charge on any atom is -0.472 e. The summed E-state index contributed by atoms with van der Waals surface area (Å²) in [5, 5.41) is 0. The van der Waals surface area contributed by atoms with Crippen LogP contribution in [-0.4, -0.2) is 18.0 Å². The fraction of sp³-hybridized carbons (Fsp3) is 0.500. The van der Waals surface area contributed by atoms with Crippen LogP contribution in [0.1, 0.15) is 25.3 Å². The van der Waals surface area contributed by atoms with Crippen LogP contribution in [0.25, 0.3) is 0 Å². The summed E-state index contributed by atoms with van der Waals surface area (Å²) in [6, 6.07) is 3.44. The van der Waals surface area contributed by atoms with Crippen LogP contribution in [0.4, 0.5) is 8.78 Å². The van der Waals surface area contributed by atoms with Crippen molar-refractivity contribution in [2.75, 3.05) is 6.61 Å². The van der Waals surface area contributed by atoms with E-state index in [2.05, 4.69) is 4.98 Å². The lowest BCUT2D eigenvalue weighted by Gasteiger charge is -2.07. The Hall–Kier alpha value is -1.19. The van der Waals surface area contributed by atoms with Gasteiger partial charge in [-0.3, -0.25) is 0 Å². The highest BCUT2D eigenvalue weighted by Gasteiger charge is 2.05. The fourth-order valence-electron chi connectivity index (χ4n) is 0.967. The third-order valence-electron chi connectivity index (χ3n) is 1.78. The van der Waals surface area contributed by atoms with Crippen molar-refractivity contribution in [3.05, 3.63) is 23.9 Å². The minimum absolute atomic E-state index is 0.245. The van der Waals surface area contributed by atoms with Gasteiger partial charge >= 0.3 is 0 Å². The van der Waals surface area contributed by atoms with E-state index in [1.54, 1.807) is 12.3 Å². The van der Waals surface area contributed by atoms with Crippen molar-refractivity contribution in [3.8, 4) is 5.88 Å². The van der Waals surface area contributed by atoms with E-state index >= 15 is 0 Å². The number of halogens is 2. The number of rotatable bonds is 4. The van der Waals surface area contributed by atoms with Crippen molar-refractivity contribution < 1.29 is 13.5 Å². The lowest BCUT2D eigenvalue weighted by molar-refractivity contribution is 0.0796. The molecular weight excluding hydrogens is 188 g/mol. The second-order valence-corrected chi connectivity index (χ2v) is 3.29. The Labute approximate surface area is 81.9 Å². The van der Waals surface area contributed by atoms with Crippen LogP contribution in [0.3, 0.4) is 0 Å². The molecular formula is C10H13F2NO. The molecule has 0 aliphatic rings. The topological polar surface area (TPSA) is 22.1 Å². The normalized spacial score (nSPS) is 11.0. The van der Waals surface area contributed by atoms with Crippen molar-refractivity contribution in [1.82, 2.24) is 4.98 Å².